The summed E-state index contributed by atoms with van der Waals surface area (Å²) in [7, 11) is 1.89. The van der Waals surface area contributed by atoms with E-state index in [-0.39, 0.29) is 5.56 Å². The topological polar surface area (TPSA) is 31.2 Å². The molecular weight excluding hydrogens is 354 g/mol. The molecule has 1 spiro atoms. The van der Waals surface area contributed by atoms with Crippen molar-refractivity contribution < 1.29 is 4.74 Å². The summed E-state index contributed by atoms with van der Waals surface area (Å²) in [5.74, 6) is 1.69. The van der Waals surface area contributed by atoms with Gasteiger partial charge in [-0.2, -0.15) is 0 Å². The van der Waals surface area contributed by atoms with E-state index in [1.165, 1.54) is 48.1 Å². The number of rotatable bonds is 5. The number of ether oxygens (including phenoxy) is 1. The van der Waals surface area contributed by atoms with Crippen LogP contribution >= 0.6 is 11.8 Å². The average Bonchev–Trinajstić information content (AvgIpc) is 3.61. The largest absolute Gasteiger partial charge is 0.493 e. The zero-order valence-corrected chi connectivity index (χ0v) is 17.0. The van der Waals surface area contributed by atoms with Gasteiger partial charge in [0.2, 0.25) is 0 Å². The van der Waals surface area contributed by atoms with Gasteiger partial charge in [0, 0.05) is 34.8 Å². The Hall–Kier alpha value is -1.68. The molecule has 3 nitrogen and oxygen atoms in total. The first kappa shape index (κ1) is 17.4. The van der Waals surface area contributed by atoms with E-state index in [0.29, 0.717) is 5.41 Å². The number of hydrogen-bond acceptors (Lipinski definition) is 3. The molecule has 0 N–H and O–H groups in total. The van der Waals surface area contributed by atoms with Crippen molar-refractivity contribution in [2.75, 3.05) is 12.9 Å². The van der Waals surface area contributed by atoms with Crippen LogP contribution in [0.15, 0.2) is 34.1 Å². The summed E-state index contributed by atoms with van der Waals surface area (Å²) in [4.78, 5) is 14.0. The van der Waals surface area contributed by atoms with E-state index in [4.69, 9.17) is 4.74 Å². The monoisotopic (exact) mass is 381 g/mol. The maximum atomic E-state index is 12.8. The normalized spacial score (nSPS) is 19.8. The first-order valence-corrected chi connectivity index (χ1v) is 11.3. The molecule has 2 aromatic rings. The van der Waals surface area contributed by atoms with Crippen LogP contribution in [-0.2, 0) is 19.9 Å². The third kappa shape index (κ3) is 3.22. The van der Waals surface area contributed by atoms with Gasteiger partial charge in [-0.3, -0.25) is 4.79 Å². The van der Waals surface area contributed by atoms with E-state index >= 15 is 0 Å². The molecule has 1 aromatic carbocycles. The van der Waals surface area contributed by atoms with Gasteiger partial charge < -0.3 is 9.30 Å². The van der Waals surface area contributed by atoms with Crippen molar-refractivity contribution in [3.63, 3.8) is 0 Å². The highest BCUT2D eigenvalue weighted by Gasteiger charge is 2.45. The number of pyridine rings is 1. The first-order valence-electron chi connectivity index (χ1n) is 10.1. The second-order valence-corrected chi connectivity index (χ2v) is 9.59. The molecule has 0 saturated heterocycles. The lowest BCUT2D eigenvalue weighted by molar-refractivity contribution is 0.300. The first-order chi connectivity index (χ1) is 13.1. The molecule has 2 fully saturated rings. The highest BCUT2D eigenvalue weighted by atomic mass is 32.2. The molecule has 0 radical (unpaired) electrons. The summed E-state index contributed by atoms with van der Waals surface area (Å²) in [5.41, 5.74) is 5.35. The Morgan fingerprint density at radius 1 is 1.19 bits per heavy atom. The Balaban J connectivity index is 1.65. The Bertz CT molecular complexity index is 954. The van der Waals surface area contributed by atoms with E-state index in [1.807, 2.05) is 13.2 Å². The van der Waals surface area contributed by atoms with E-state index in [9.17, 15) is 4.79 Å². The van der Waals surface area contributed by atoms with Crippen molar-refractivity contribution in [3.8, 4) is 16.9 Å². The van der Waals surface area contributed by atoms with Gasteiger partial charge in [0.15, 0.2) is 0 Å². The van der Waals surface area contributed by atoms with Gasteiger partial charge >= 0.3 is 0 Å². The van der Waals surface area contributed by atoms with Crippen molar-refractivity contribution in [1.82, 2.24) is 4.57 Å². The number of fused-ring (bicyclic) bond motifs is 1. The molecule has 0 amide bonds. The second kappa shape index (κ2) is 6.44. The molecule has 27 heavy (non-hydrogen) atoms. The predicted octanol–water partition coefficient (Wildman–Crippen LogP) is 4.83. The van der Waals surface area contributed by atoms with Gasteiger partial charge in [0.1, 0.15) is 5.75 Å². The van der Waals surface area contributed by atoms with Gasteiger partial charge in [0.25, 0.3) is 5.56 Å². The Kier molecular flexibility index (Phi) is 4.15. The molecule has 3 aliphatic rings. The zero-order chi connectivity index (χ0) is 18.6. The fraction of sp³-hybridized carbons (Fsp3) is 0.522. The van der Waals surface area contributed by atoms with Crippen LogP contribution in [-0.4, -0.2) is 17.4 Å². The quantitative estimate of drug-likeness (QED) is 0.695. The lowest BCUT2D eigenvalue weighted by atomic mass is 9.79. The predicted molar refractivity (Wildman–Crippen MR) is 111 cm³/mol. The van der Waals surface area contributed by atoms with Gasteiger partial charge in [-0.1, -0.05) is 0 Å². The molecule has 3 aliphatic carbocycles. The van der Waals surface area contributed by atoms with Crippen LogP contribution in [0.1, 0.15) is 43.2 Å². The molecule has 1 aromatic heterocycles. The maximum Gasteiger partial charge on any atom is 0.253 e. The number of thioether (sulfide) groups is 1. The standard InChI is InChI=1S/C23H27NO2S/c1-24-13-20(19-12-23(9-10-23)8-7-17(19)22(24)25)18-11-16(27-2)5-6-21(18)26-14-15-3-4-15/h5-6,11,13,15H,3-4,7-10,12,14H2,1-2H3. The second-order valence-electron chi connectivity index (χ2n) is 8.71. The van der Waals surface area contributed by atoms with Gasteiger partial charge in [-0.25, -0.2) is 0 Å². The SMILES string of the molecule is CSc1ccc(OCC2CC2)c(-c2cn(C)c(=O)c3c2CC2(CC3)CC2)c1. The summed E-state index contributed by atoms with van der Waals surface area (Å²) in [5, 5.41) is 0. The average molecular weight is 382 g/mol. The minimum absolute atomic E-state index is 0.186. The summed E-state index contributed by atoms with van der Waals surface area (Å²) in [6.07, 6.45) is 12.5. The zero-order valence-electron chi connectivity index (χ0n) is 16.2. The maximum absolute atomic E-state index is 12.8. The third-order valence-electron chi connectivity index (χ3n) is 6.65. The molecule has 4 heteroatoms. The lowest BCUT2D eigenvalue weighted by Gasteiger charge is -2.27. The van der Waals surface area contributed by atoms with Crippen LogP contribution in [0.3, 0.4) is 0 Å². The van der Waals surface area contributed by atoms with E-state index in [0.717, 1.165) is 42.2 Å². The highest BCUT2D eigenvalue weighted by Crippen LogP contribution is 2.55. The molecular formula is C23H27NO2S. The Morgan fingerprint density at radius 3 is 2.70 bits per heavy atom. The van der Waals surface area contributed by atoms with Gasteiger partial charge in [0.05, 0.1) is 6.61 Å². The smallest absolute Gasteiger partial charge is 0.253 e. The van der Waals surface area contributed by atoms with Crippen LogP contribution in [0.4, 0.5) is 0 Å². The molecule has 5 rings (SSSR count). The summed E-state index contributed by atoms with van der Waals surface area (Å²) in [6, 6.07) is 6.52. The van der Waals surface area contributed by atoms with Crippen LogP contribution in [0.25, 0.3) is 11.1 Å². The van der Waals surface area contributed by atoms with Crippen LogP contribution < -0.4 is 10.3 Å². The molecule has 0 bridgehead atoms. The fourth-order valence-electron chi connectivity index (χ4n) is 4.45. The number of hydrogen-bond donors (Lipinski definition) is 0. The minimum Gasteiger partial charge on any atom is -0.493 e. The molecule has 0 unspecified atom stereocenters. The van der Waals surface area contributed by atoms with E-state index in [1.54, 1.807) is 16.3 Å². The van der Waals surface area contributed by atoms with Crippen molar-refractivity contribution in [2.24, 2.45) is 18.4 Å². The Labute approximate surface area is 165 Å². The van der Waals surface area contributed by atoms with E-state index in [2.05, 4.69) is 24.5 Å². The number of aromatic nitrogens is 1. The molecule has 0 atom stereocenters. The van der Waals surface area contributed by atoms with Crippen molar-refractivity contribution in [1.29, 1.82) is 0 Å². The number of benzene rings is 1. The van der Waals surface area contributed by atoms with E-state index < -0.39 is 0 Å². The van der Waals surface area contributed by atoms with Crippen LogP contribution in [0.2, 0.25) is 0 Å². The minimum atomic E-state index is 0.186. The summed E-state index contributed by atoms with van der Waals surface area (Å²) in [6.45, 7) is 0.809. The van der Waals surface area contributed by atoms with Crippen LogP contribution in [0, 0.1) is 11.3 Å². The third-order valence-corrected chi connectivity index (χ3v) is 7.38. The van der Waals surface area contributed by atoms with Crippen LogP contribution in [0.5, 0.6) is 5.75 Å². The van der Waals surface area contributed by atoms with Gasteiger partial charge in [-0.15, -0.1) is 11.8 Å². The molecule has 1 heterocycles. The summed E-state index contributed by atoms with van der Waals surface area (Å²) < 4.78 is 8.02. The van der Waals surface area contributed by atoms with Crippen molar-refractivity contribution in [3.05, 3.63) is 45.9 Å². The highest BCUT2D eigenvalue weighted by molar-refractivity contribution is 7.98. The molecule has 142 valence electrons. The lowest BCUT2D eigenvalue weighted by Crippen LogP contribution is -2.29. The number of aryl methyl sites for hydroxylation is 1. The van der Waals surface area contributed by atoms with Crippen molar-refractivity contribution >= 4 is 11.8 Å². The Morgan fingerprint density at radius 2 is 2.00 bits per heavy atom. The fourth-order valence-corrected chi connectivity index (χ4v) is 4.89. The van der Waals surface area contributed by atoms with Gasteiger partial charge in [-0.05, 0) is 86.3 Å². The molecule has 0 aliphatic heterocycles. The summed E-state index contributed by atoms with van der Waals surface area (Å²) >= 11 is 1.76. The number of nitrogens with zero attached hydrogens (tertiary/aromatic N) is 1. The molecule has 2 saturated carbocycles. The van der Waals surface area contributed by atoms with Crippen molar-refractivity contribution in [2.45, 2.75) is 49.8 Å².